The molecule has 0 aromatic rings. The lowest BCUT2D eigenvalue weighted by molar-refractivity contribution is 0.320. The van der Waals surface area contributed by atoms with Crippen LogP contribution in [-0.4, -0.2) is 24.5 Å². The summed E-state index contributed by atoms with van der Waals surface area (Å²) in [5.74, 6) is 0. The molecule has 0 amide bonds. The van der Waals surface area contributed by atoms with E-state index in [2.05, 4.69) is 17.4 Å². The van der Waals surface area contributed by atoms with Crippen molar-refractivity contribution in [2.45, 2.75) is 77.6 Å². The Bertz CT molecular complexity index is 172. The molecule has 3 nitrogen and oxygen atoms in total. The molecule has 2 N–H and O–H groups in total. The molecule has 0 aliphatic heterocycles. The Labute approximate surface area is 113 Å². The Morgan fingerprint density at radius 2 is 1.39 bits per heavy atom. The van der Waals surface area contributed by atoms with Crippen LogP contribution >= 0.6 is 0 Å². The van der Waals surface area contributed by atoms with Crippen LogP contribution in [0.4, 0.5) is 0 Å². The Morgan fingerprint density at radius 3 is 1.94 bits per heavy atom. The van der Waals surface area contributed by atoms with Crippen molar-refractivity contribution in [2.75, 3.05) is 13.1 Å². The molecule has 0 atom stereocenters. The zero-order valence-electron chi connectivity index (χ0n) is 12.2. The van der Waals surface area contributed by atoms with Gasteiger partial charge in [-0.2, -0.15) is 0 Å². The number of hydrogen-bond acceptors (Lipinski definition) is 3. The van der Waals surface area contributed by atoms with Gasteiger partial charge in [0.15, 0.2) is 0 Å². The van der Waals surface area contributed by atoms with Crippen LogP contribution in [0.2, 0.25) is 0 Å². The molecule has 0 aromatic carbocycles. The molecule has 0 fully saturated rings. The van der Waals surface area contributed by atoms with E-state index in [1.807, 2.05) is 0 Å². The first kappa shape index (κ1) is 17.4. The quantitative estimate of drug-likeness (QED) is 0.210. The SMILES string of the molecule is CCCCCCCCCCCCNCCC=NO. The first-order chi connectivity index (χ1) is 8.91. The summed E-state index contributed by atoms with van der Waals surface area (Å²) >= 11 is 0. The van der Waals surface area contributed by atoms with E-state index >= 15 is 0 Å². The van der Waals surface area contributed by atoms with Crippen LogP contribution in [0.15, 0.2) is 5.16 Å². The van der Waals surface area contributed by atoms with E-state index in [1.165, 1.54) is 70.4 Å². The zero-order chi connectivity index (χ0) is 13.3. The van der Waals surface area contributed by atoms with Crippen molar-refractivity contribution in [3.8, 4) is 0 Å². The fourth-order valence-electron chi connectivity index (χ4n) is 2.09. The highest BCUT2D eigenvalue weighted by Gasteiger charge is 1.92. The predicted molar refractivity (Wildman–Crippen MR) is 79.6 cm³/mol. The van der Waals surface area contributed by atoms with Gasteiger partial charge >= 0.3 is 0 Å². The molecule has 0 heterocycles. The second kappa shape index (κ2) is 16.4. The molecule has 0 radical (unpaired) electrons. The average Bonchev–Trinajstić information content (AvgIpc) is 2.39. The van der Waals surface area contributed by atoms with Crippen LogP contribution in [-0.2, 0) is 0 Å². The monoisotopic (exact) mass is 256 g/mol. The standard InChI is InChI=1S/C15H32N2O/c1-2-3-4-5-6-7-8-9-10-11-13-16-14-12-15-17-18/h15-16,18H,2-14H2,1H3. The van der Waals surface area contributed by atoms with E-state index in [4.69, 9.17) is 5.21 Å². The minimum atomic E-state index is 0.814. The molecule has 0 unspecified atom stereocenters. The van der Waals surface area contributed by atoms with E-state index in [-0.39, 0.29) is 0 Å². The lowest BCUT2D eigenvalue weighted by Crippen LogP contribution is -2.16. The topological polar surface area (TPSA) is 44.6 Å². The van der Waals surface area contributed by atoms with Gasteiger partial charge in [-0.15, -0.1) is 5.16 Å². The largest absolute Gasteiger partial charge is 0.411 e. The summed E-state index contributed by atoms with van der Waals surface area (Å²) in [6.45, 7) is 4.28. The van der Waals surface area contributed by atoms with Crippen molar-refractivity contribution in [2.24, 2.45) is 5.16 Å². The van der Waals surface area contributed by atoms with Crippen LogP contribution in [0.5, 0.6) is 0 Å². The molecular weight excluding hydrogens is 224 g/mol. The van der Waals surface area contributed by atoms with Gasteiger partial charge in [0, 0.05) is 12.8 Å². The lowest BCUT2D eigenvalue weighted by Gasteiger charge is -2.03. The third-order valence-electron chi connectivity index (χ3n) is 3.24. The molecule has 0 aromatic heterocycles. The van der Waals surface area contributed by atoms with Crippen LogP contribution in [0.25, 0.3) is 0 Å². The Hall–Kier alpha value is -0.570. The minimum Gasteiger partial charge on any atom is -0.411 e. The number of nitrogens with one attached hydrogen (secondary N) is 1. The highest BCUT2D eigenvalue weighted by Crippen LogP contribution is 2.10. The molecule has 0 saturated carbocycles. The van der Waals surface area contributed by atoms with Gasteiger partial charge in [0.1, 0.15) is 0 Å². The van der Waals surface area contributed by atoms with Gasteiger partial charge in [0.25, 0.3) is 0 Å². The first-order valence-corrected chi connectivity index (χ1v) is 7.78. The summed E-state index contributed by atoms with van der Waals surface area (Å²) < 4.78 is 0. The zero-order valence-corrected chi connectivity index (χ0v) is 12.2. The van der Waals surface area contributed by atoms with Gasteiger partial charge in [0.2, 0.25) is 0 Å². The molecular formula is C15H32N2O. The molecule has 3 heteroatoms. The fourth-order valence-corrected chi connectivity index (χ4v) is 2.09. The van der Waals surface area contributed by atoms with E-state index in [1.54, 1.807) is 0 Å². The van der Waals surface area contributed by atoms with Crippen molar-refractivity contribution in [1.82, 2.24) is 5.32 Å². The maximum Gasteiger partial charge on any atom is 0.0448 e. The van der Waals surface area contributed by atoms with Crippen molar-refractivity contribution < 1.29 is 5.21 Å². The first-order valence-electron chi connectivity index (χ1n) is 7.78. The van der Waals surface area contributed by atoms with E-state index in [0.717, 1.165) is 19.5 Å². The molecule has 108 valence electrons. The van der Waals surface area contributed by atoms with Crippen molar-refractivity contribution in [3.63, 3.8) is 0 Å². The minimum absolute atomic E-state index is 0.814. The van der Waals surface area contributed by atoms with Crippen molar-refractivity contribution in [3.05, 3.63) is 0 Å². The van der Waals surface area contributed by atoms with Gasteiger partial charge < -0.3 is 10.5 Å². The molecule has 0 rings (SSSR count). The Balaban J connectivity index is 2.90. The normalized spacial score (nSPS) is 11.4. The number of nitrogens with zero attached hydrogens (tertiary/aromatic N) is 1. The number of hydrogen-bond donors (Lipinski definition) is 2. The number of rotatable bonds is 14. The van der Waals surface area contributed by atoms with Crippen molar-refractivity contribution >= 4 is 6.21 Å². The highest BCUT2D eigenvalue weighted by atomic mass is 16.4. The van der Waals surface area contributed by atoms with Gasteiger partial charge in [-0.1, -0.05) is 64.7 Å². The van der Waals surface area contributed by atoms with Gasteiger partial charge in [-0.05, 0) is 19.4 Å². The molecule has 0 spiro atoms. The third-order valence-corrected chi connectivity index (χ3v) is 3.24. The van der Waals surface area contributed by atoms with E-state index in [0.29, 0.717) is 0 Å². The highest BCUT2D eigenvalue weighted by molar-refractivity contribution is 5.56. The number of unbranched alkanes of at least 4 members (excludes halogenated alkanes) is 9. The summed E-state index contributed by atoms with van der Waals surface area (Å²) in [7, 11) is 0. The van der Waals surface area contributed by atoms with Crippen molar-refractivity contribution in [1.29, 1.82) is 0 Å². The van der Waals surface area contributed by atoms with E-state index < -0.39 is 0 Å². The average molecular weight is 256 g/mol. The molecule has 0 saturated heterocycles. The lowest BCUT2D eigenvalue weighted by atomic mass is 10.1. The van der Waals surface area contributed by atoms with Crippen LogP contribution in [0.3, 0.4) is 0 Å². The number of oxime groups is 1. The molecule has 0 aliphatic carbocycles. The smallest absolute Gasteiger partial charge is 0.0448 e. The molecule has 18 heavy (non-hydrogen) atoms. The summed E-state index contributed by atoms with van der Waals surface area (Å²) in [5, 5.41) is 14.5. The fraction of sp³-hybridized carbons (Fsp3) is 0.933. The second-order valence-corrected chi connectivity index (χ2v) is 5.02. The maximum absolute atomic E-state index is 8.20. The van der Waals surface area contributed by atoms with Gasteiger partial charge in [0.05, 0.1) is 0 Å². The summed E-state index contributed by atoms with van der Waals surface area (Å²) in [6, 6.07) is 0. The third kappa shape index (κ3) is 15.4. The van der Waals surface area contributed by atoms with E-state index in [9.17, 15) is 0 Å². The summed E-state index contributed by atoms with van der Waals surface area (Å²) in [5.41, 5.74) is 0. The Morgan fingerprint density at radius 1 is 0.833 bits per heavy atom. The Kier molecular flexibility index (Phi) is 15.9. The summed E-state index contributed by atoms with van der Waals surface area (Å²) in [6.07, 6.45) is 16.2. The predicted octanol–water partition coefficient (Wildman–Crippen LogP) is 4.35. The van der Waals surface area contributed by atoms with Gasteiger partial charge in [-0.3, -0.25) is 0 Å². The molecule has 0 aliphatic rings. The van der Waals surface area contributed by atoms with Crippen LogP contribution < -0.4 is 5.32 Å². The summed E-state index contributed by atoms with van der Waals surface area (Å²) in [4.78, 5) is 0. The van der Waals surface area contributed by atoms with Crippen LogP contribution in [0, 0.1) is 0 Å². The second-order valence-electron chi connectivity index (χ2n) is 5.02. The van der Waals surface area contributed by atoms with Gasteiger partial charge in [-0.25, -0.2) is 0 Å². The molecule has 0 bridgehead atoms. The maximum atomic E-state index is 8.20. The van der Waals surface area contributed by atoms with Crippen LogP contribution in [0.1, 0.15) is 77.6 Å².